The molecule has 1 aliphatic rings. The summed E-state index contributed by atoms with van der Waals surface area (Å²) in [5.74, 6) is -0.928. The van der Waals surface area contributed by atoms with E-state index in [1.165, 1.54) is 6.92 Å². The SMILES string of the molecule is CCOC(=O)[C@H](C)N1C(=O)S/C(=C/c2cc(C)c(O)c(C)c2)C1=O. The number of hydrogen-bond acceptors (Lipinski definition) is 6. The fraction of sp³-hybridized carbons (Fsp3) is 0.353. The summed E-state index contributed by atoms with van der Waals surface area (Å²) in [5, 5.41) is 9.30. The van der Waals surface area contributed by atoms with Crippen molar-refractivity contribution in [2.24, 2.45) is 0 Å². The lowest BCUT2D eigenvalue weighted by Gasteiger charge is -2.19. The summed E-state index contributed by atoms with van der Waals surface area (Å²) < 4.78 is 4.87. The van der Waals surface area contributed by atoms with E-state index in [2.05, 4.69) is 0 Å². The van der Waals surface area contributed by atoms with E-state index in [4.69, 9.17) is 4.74 Å². The molecule has 24 heavy (non-hydrogen) atoms. The van der Waals surface area contributed by atoms with E-state index in [1.807, 2.05) is 0 Å². The molecule has 0 radical (unpaired) electrons. The zero-order valence-electron chi connectivity index (χ0n) is 14.0. The average molecular weight is 349 g/mol. The first-order valence-electron chi connectivity index (χ1n) is 7.50. The Bertz CT molecular complexity index is 717. The quantitative estimate of drug-likeness (QED) is 0.664. The first-order valence-corrected chi connectivity index (χ1v) is 8.31. The Labute approximate surface area is 144 Å². The molecule has 7 heteroatoms. The lowest BCUT2D eigenvalue weighted by Crippen LogP contribution is -2.42. The first-order chi connectivity index (χ1) is 11.3. The minimum absolute atomic E-state index is 0.182. The van der Waals surface area contributed by atoms with Crippen LogP contribution in [-0.2, 0) is 14.3 Å². The monoisotopic (exact) mass is 349 g/mol. The Hall–Kier alpha value is -2.28. The number of phenolic OH excluding ortho intramolecular Hbond substituents is 1. The van der Waals surface area contributed by atoms with Crippen LogP contribution in [0.25, 0.3) is 6.08 Å². The summed E-state index contributed by atoms with van der Waals surface area (Å²) in [4.78, 5) is 37.5. The summed E-state index contributed by atoms with van der Waals surface area (Å²) in [6.45, 7) is 6.82. The molecule has 128 valence electrons. The summed E-state index contributed by atoms with van der Waals surface area (Å²) in [5.41, 5.74) is 2.07. The number of ether oxygens (including phenoxy) is 1. The number of carbonyl (C=O) groups excluding carboxylic acids is 3. The van der Waals surface area contributed by atoms with Gasteiger partial charge in [-0.05, 0) is 74.4 Å². The lowest BCUT2D eigenvalue weighted by atomic mass is 10.1. The Balaban J connectivity index is 2.30. The van der Waals surface area contributed by atoms with Crippen LogP contribution in [0.3, 0.4) is 0 Å². The number of aryl methyl sites for hydroxylation is 2. The molecule has 6 nitrogen and oxygen atoms in total. The van der Waals surface area contributed by atoms with Crippen LogP contribution in [0.15, 0.2) is 17.0 Å². The average Bonchev–Trinajstić information content (AvgIpc) is 2.78. The highest BCUT2D eigenvalue weighted by molar-refractivity contribution is 8.18. The second-order valence-electron chi connectivity index (χ2n) is 5.48. The number of aromatic hydroxyl groups is 1. The number of amides is 2. The van der Waals surface area contributed by atoms with Crippen LogP contribution in [0, 0.1) is 13.8 Å². The number of thioether (sulfide) groups is 1. The van der Waals surface area contributed by atoms with Gasteiger partial charge < -0.3 is 9.84 Å². The number of benzene rings is 1. The van der Waals surface area contributed by atoms with Gasteiger partial charge in [-0.2, -0.15) is 0 Å². The molecule has 1 N–H and O–H groups in total. The van der Waals surface area contributed by atoms with E-state index in [0.717, 1.165) is 16.7 Å². The van der Waals surface area contributed by atoms with Gasteiger partial charge in [0, 0.05) is 0 Å². The number of nitrogens with zero attached hydrogens (tertiary/aromatic N) is 1. The van der Waals surface area contributed by atoms with E-state index in [9.17, 15) is 19.5 Å². The van der Waals surface area contributed by atoms with Crippen molar-refractivity contribution in [3.05, 3.63) is 33.7 Å². The van der Waals surface area contributed by atoms with Crippen molar-refractivity contribution in [2.75, 3.05) is 6.61 Å². The summed E-state index contributed by atoms with van der Waals surface area (Å²) >= 11 is 0.785. The van der Waals surface area contributed by atoms with Crippen molar-refractivity contribution in [2.45, 2.75) is 33.7 Å². The molecule has 0 aromatic heterocycles. The van der Waals surface area contributed by atoms with Crippen LogP contribution < -0.4 is 0 Å². The van der Waals surface area contributed by atoms with Crippen LogP contribution in [0.2, 0.25) is 0 Å². The molecular formula is C17H19NO5S. The standard InChI is InChI=1S/C17H19NO5S/c1-5-23-16(21)11(4)18-15(20)13(24-17(18)22)8-12-6-9(2)14(19)10(3)7-12/h6-8,11,19H,5H2,1-4H3/b13-8+/t11-/m0/s1. The number of phenols is 1. The van der Waals surface area contributed by atoms with Crippen molar-refractivity contribution in [3.8, 4) is 5.75 Å². The second kappa shape index (κ2) is 7.09. The fourth-order valence-electron chi connectivity index (χ4n) is 2.41. The number of rotatable bonds is 4. The largest absolute Gasteiger partial charge is 0.507 e. The van der Waals surface area contributed by atoms with Gasteiger partial charge in [-0.1, -0.05) is 0 Å². The van der Waals surface area contributed by atoms with Crippen molar-refractivity contribution >= 4 is 35.0 Å². The molecule has 1 aromatic rings. The minimum atomic E-state index is -0.966. The third kappa shape index (κ3) is 3.46. The van der Waals surface area contributed by atoms with E-state index in [1.54, 1.807) is 39.0 Å². The van der Waals surface area contributed by atoms with Gasteiger partial charge in [0.15, 0.2) is 0 Å². The van der Waals surface area contributed by atoms with Crippen LogP contribution in [0.1, 0.15) is 30.5 Å². The zero-order valence-corrected chi connectivity index (χ0v) is 14.8. The van der Waals surface area contributed by atoms with Crippen LogP contribution in [0.5, 0.6) is 5.75 Å². The van der Waals surface area contributed by atoms with E-state index >= 15 is 0 Å². The predicted molar refractivity (Wildman–Crippen MR) is 91.5 cm³/mol. The van der Waals surface area contributed by atoms with Gasteiger partial charge in [0.2, 0.25) is 0 Å². The third-order valence-corrected chi connectivity index (χ3v) is 4.53. The zero-order chi connectivity index (χ0) is 18.0. The Kier molecular flexibility index (Phi) is 5.33. The Morgan fingerprint density at radius 3 is 2.46 bits per heavy atom. The summed E-state index contributed by atoms with van der Waals surface area (Å²) in [6.07, 6.45) is 1.59. The maximum atomic E-state index is 12.5. The van der Waals surface area contributed by atoms with Gasteiger partial charge in [0.25, 0.3) is 11.1 Å². The molecule has 2 rings (SSSR count). The van der Waals surface area contributed by atoms with Gasteiger partial charge in [-0.15, -0.1) is 0 Å². The van der Waals surface area contributed by atoms with Crippen molar-refractivity contribution in [1.82, 2.24) is 4.90 Å². The molecule has 1 atom stereocenters. The van der Waals surface area contributed by atoms with Crippen molar-refractivity contribution in [3.63, 3.8) is 0 Å². The minimum Gasteiger partial charge on any atom is -0.507 e. The maximum Gasteiger partial charge on any atom is 0.329 e. The van der Waals surface area contributed by atoms with E-state index in [-0.39, 0.29) is 17.3 Å². The summed E-state index contributed by atoms with van der Waals surface area (Å²) in [7, 11) is 0. The highest BCUT2D eigenvalue weighted by Gasteiger charge is 2.41. The fourth-order valence-corrected chi connectivity index (χ4v) is 3.31. The molecule has 0 saturated carbocycles. The predicted octanol–water partition coefficient (Wildman–Crippen LogP) is 3.00. The van der Waals surface area contributed by atoms with Gasteiger partial charge in [-0.25, -0.2) is 4.79 Å². The van der Waals surface area contributed by atoms with Crippen LogP contribution >= 0.6 is 11.8 Å². The van der Waals surface area contributed by atoms with Crippen LogP contribution in [-0.4, -0.2) is 39.8 Å². The first kappa shape index (κ1) is 18.1. The molecule has 0 bridgehead atoms. The molecule has 0 unspecified atom stereocenters. The normalized spacial score (nSPS) is 17.5. The van der Waals surface area contributed by atoms with Crippen molar-refractivity contribution < 1.29 is 24.2 Å². The number of carbonyl (C=O) groups is 3. The van der Waals surface area contributed by atoms with Gasteiger partial charge in [-0.3, -0.25) is 14.5 Å². The number of esters is 1. The van der Waals surface area contributed by atoms with Gasteiger partial charge in [0.05, 0.1) is 11.5 Å². The molecule has 1 aromatic carbocycles. The second-order valence-corrected chi connectivity index (χ2v) is 6.48. The molecular weight excluding hydrogens is 330 g/mol. The topological polar surface area (TPSA) is 83.9 Å². The maximum absolute atomic E-state index is 12.5. The van der Waals surface area contributed by atoms with Crippen LogP contribution in [0.4, 0.5) is 4.79 Å². The number of hydrogen-bond donors (Lipinski definition) is 1. The third-order valence-electron chi connectivity index (χ3n) is 3.65. The van der Waals surface area contributed by atoms with E-state index < -0.39 is 23.2 Å². The molecule has 1 fully saturated rings. The smallest absolute Gasteiger partial charge is 0.329 e. The van der Waals surface area contributed by atoms with Crippen molar-refractivity contribution in [1.29, 1.82) is 0 Å². The highest BCUT2D eigenvalue weighted by atomic mass is 32.2. The number of imide groups is 1. The van der Waals surface area contributed by atoms with Gasteiger partial charge >= 0.3 is 5.97 Å². The Morgan fingerprint density at radius 2 is 1.92 bits per heavy atom. The lowest BCUT2D eigenvalue weighted by molar-refractivity contribution is -0.150. The van der Waals surface area contributed by atoms with E-state index in [0.29, 0.717) is 16.7 Å². The molecule has 0 spiro atoms. The molecule has 1 aliphatic heterocycles. The Morgan fingerprint density at radius 1 is 1.33 bits per heavy atom. The summed E-state index contributed by atoms with van der Waals surface area (Å²) in [6, 6.07) is 2.49. The van der Waals surface area contributed by atoms with Gasteiger partial charge in [0.1, 0.15) is 11.8 Å². The molecule has 2 amide bonds. The molecule has 1 saturated heterocycles. The molecule has 1 heterocycles. The molecule has 0 aliphatic carbocycles. The highest BCUT2D eigenvalue weighted by Crippen LogP contribution is 2.34.